The number of amides is 1. The molecule has 0 aliphatic heterocycles. The van der Waals surface area contributed by atoms with Gasteiger partial charge in [-0.25, -0.2) is 0 Å². The van der Waals surface area contributed by atoms with E-state index in [0.29, 0.717) is 25.4 Å². The Bertz CT molecular complexity index is 680. The minimum absolute atomic E-state index is 0.0867. The van der Waals surface area contributed by atoms with Gasteiger partial charge in [-0.3, -0.25) is 4.79 Å². The van der Waals surface area contributed by atoms with Crippen molar-refractivity contribution in [3.63, 3.8) is 0 Å². The van der Waals surface area contributed by atoms with E-state index in [4.69, 9.17) is 4.74 Å². The molecule has 2 atom stereocenters. The third kappa shape index (κ3) is 3.41. The van der Waals surface area contributed by atoms with E-state index in [-0.39, 0.29) is 17.9 Å². The van der Waals surface area contributed by atoms with Gasteiger partial charge in [0.15, 0.2) is 0 Å². The van der Waals surface area contributed by atoms with Gasteiger partial charge in [-0.1, -0.05) is 24.6 Å². The van der Waals surface area contributed by atoms with Crippen molar-refractivity contribution < 1.29 is 14.6 Å². The molecule has 0 radical (unpaired) electrons. The topological polar surface area (TPSA) is 63.5 Å². The number of ether oxygens (including phenoxy) is 1. The zero-order chi connectivity index (χ0) is 16.2. The molecule has 1 amide bonds. The second-order valence-electron chi connectivity index (χ2n) is 6.20. The van der Waals surface area contributed by atoms with Crippen LogP contribution in [0.2, 0.25) is 0 Å². The first-order valence-corrected chi connectivity index (χ1v) is 8.24. The predicted molar refractivity (Wildman–Crippen MR) is 89.5 cm³/mol. The van der Waals surface area contributed by atoms with Crippen LogP contribution in [0.3, 0.4) is 0 Å². The van der Waals surface area contributed by atoms with Gasteiger partial charge in [0.25, 0.3) is 5.91 Å². The van der Waals surface area contributed by atoms with E-state index in [2.05, 4.69) is 5.32 Å². The van der Waals surface area contributed by atoms with Crippen LogP contribution in [0.4, 0.5) is 0 Å². The zero-order valence-electron chi connectivity index (χ0n) is 13.5. The molecule has 1 saturated carbocycles. The molecule has 5 heteroatoms. The van der Waals surface area contributed by atoms with Crippen molar-refractivity contribution in [1.29, 1.82) is 0 Å². The van der Waals surface area contributed by atoms with Crippen molar-refractivity contribution in [2.24, 2.45) is 5.92 Å². The van der Waals surface area contributed by atoms with Crippen LogP contribution in [0.5, 0.6) is 0 Å². The Labute approximate surface area is 136 Å². The Balaban J connectivity index is 1.78. The molecule has 124 valence electrons. The minimum atomic E-state index is -0.283. The van der Waals surface area contributed by atoms with Gasteiger partial charge in [0.05, 0.1) is 12.7 Å². The fraction of sp³-hybridized carbons (Fsp3) is 0.500. The second-order valence-corrected chi connectivity index (χ2v) is 6.20. The van der Waals surface area contributed by atoms with E-state index in [1.54, 1.807) is 7.11 Å². The number of nitrogens with zero attached hydrogens (tertiary/aromatic N) is 1. The number of hydrogen-bond donors (Lipinski definition) is 2. The lowest BCUT2D eigenvalue weighted by Crippen LogP contribution is -2.33. The van der Waals surface area contributed by atoms with Crippen molar-refractivity contribution in [3.05, 3.63) is 36.0 Å². The number of carbonyl (C=O) groups is 1. The summed E-state index contributed by atoms with van der Waals surface area (Å²) >= 11 is 0. The number of carbonyl (C=O) groups excluding carboxylic acids is 1. The van der Waals surface area contributed by atoms with Crippen molar-refractivity contribution in [2.75, 3.05) is 20.3 Å². The molecule has 2 unspecified atom stereocenters. The van der Waals surface area contributed by atoms with Gasteiger partial charge in [0, 0.05) is 37.0 Å². The molecular weight excluding hydrogens is 292 g/mol. The summed E-state index contributed by atoms with van der Waals surface area (Å²) in [5.41, 5.74) is 1.69. The molecule has 23 heavy (non-hydrogen) atoms. The van der Waals surface area contributed by atoms with Crippen LogP contribution in [0.1, 0.15) is 29.8 Å². The van der Waals surface area contributed by atoms with Gasteiger partial charge in [-0.05, 0) is 25.0 Å². The molecule has 1 aromatic carbocycles. The normalized spacial score (nSPS) is 21.0. The van der Waals surface area contributed by atoms with Crippen LogP contribution in [-0.4, -0.2) is 41.9 Å². The number of para-hydroxylation sites is 1. The number of hydrogen-bond acceptors (Lipinski definition) is 3. The number of aliphatic hydroxyl groups is 1. The minimum Gasteiger partial charge on any atom is -0.393 e. The summed E-state index contributed by atoms with van der Waals surface area (Å²) in [6.07, 6.45) is 2.58. The summed E-state index contributed by atoms with van der Waals surface area (Å²) in [6.45, 7) is 1.73. The Morgan fingerprint density at radius 3 is 2.96 bits per heavy atom. The average molecular weight is 316 g/mol. The Kier molecular flexibility index (Phi) is 4.98. The lowest BCUT2D eigenvalue weighted by Gasteiger charge is -2.16. The summed E-state index contributed by atoms with van der Waals surface area (Å²) in [5, 5.41) is 13.9. The van der Waals surface area contributed by atoms with E-state index in [0.717, 1.165) is 30.2 Å². The molecule has 2 aromatic rings. The maximum atomic E-state index is 12.6. The molecule has 1 heterocycles. The number of fused-ring (bicyclic) bond motifs is 1. The molecular formula is C18H24N2O3. The lowest BCUT2D eigenvalue weighted by atomic mass is 10.1. The first kappa shape index (κ1) is 16.0. The highest BCUT2D eigenvalue weighted by molar-refractivity contribution is 5.98. The maximum Gasteiger partial charge on any atom is 0.267 e. The second kappa shape index (κ2) is 7.15. The number of benzene rings is 1. The first-order valence-electron chi connectivity index (χ1n) is 8.24. The smallest absolute Gasteiger partial charge is 0.267 e. The van der Waals surface area contributed by atoms with Gasteiger partial charge in [0.1, 0.15) is 5.69 Å². The van der Waals surface area contributed by atoms with Crippen LogP contribution in [0.15, 0.2) is 30.3 Å². The molecule has 1 aliphatic carbocycles. The number of aliphatic hydroxyl groups excluding tert-OH is 1. The van der Waals surface area contributed by atoms with E-state index < -0.39 is 0 Å². The van der Waals surface area contributed by atoms with Crippen LogP contribution in [-0.2, 0) is 11.3 Å². The maximum absolute atomic E-state index is 12.6. The van der Waals surface area contributed by atoms with Crippen molar-refractivity contribution in [3.8, 4) is 0 Å². The molecule has 0 spiro atoms. The highest BCUT2D eigenvalue weighted by atomic mass is 16.5. The Morgan fingerprint density at radius 1 is 1.39 bits per heavy atom. The van der Waals surface area contributed by atoms with E-state index >= 15 is 0 Å². The van der Waals surface area contributed by atoms with Crippen LogP contribution in [0.25, 0.3) is 10.9 Å². The molecule has 1 aliphatic rings. The summed E-state index contributed by atoms with van der Waals surface area (Å²) < 4.78 is 7.17. The van der Waals surface area contributed by atoms with Crippen LogP contribution >= 0.6 is 0 Å². The number of methoxy groups -OCH3 is 1. The summed E-state index contributed by atoms with van der Waals surface area (Å²) in [4.78, 5) is 12.6. The Hall–Kier alpha value is -1.85. The molecule has 5 nitrogen and oxygen atoms in total. The van der Waals surface area contributed by atoms with Gasteiger partial charge in [0.2, 0.25) is 0 Å². The van der Waals surface area contributed by atoms with Gasteiger partial charge < -0.3 is 19.7 Å². The first-order chi connectivity index (χ1) is 11.2. The summed E-state index contributed by atoms with van der Waals surface area (Å²) in [5.74, 6) is 0.0900. The van der Waals surface area contributed by atoms with Gasteiger partial charge in [-0.15, -0.1) is 0 Å². The lowest BCUT2D eigenvalue weighted by molar-refractivity contribution is 0.0906. The molecule has 0 saturated heterocycles. The summed E-state index contributed by atoms with van der Waals surface area (Å²) in [7, 11) is 1.66. The van der Waals surface area contributed by atoms with Gasteiger partial charge in [-0.2, -0.15) is 0 Å². The fourth-order valence-corrected chi connectivity index (χ4v) is 3.39. The quantitative estimate of drug-likeness (QED) is 0.858. The number of rotatable bonds is 6. The molecule has 1 aromatic heterocycles. The molecule has 3 rings (SSSR count). The van der Waals surface area contributed by atoms with E-state index in [9.17, 15) is 9.90 Å². The Morgan fingerprint density at radius 2 is 2.22 bits per heavy atom. The number of aromatic nitrogens is 1. The zero-order valence-corrected chi connectivity index (χ0v) is 13.5. The van der Waals surface area contributed by atoms with E-state index in [1.807, 2.05) is 34.9 Å². The van der Waals surface area contributed by atoms with Crippen LogP contribution in [0, 0.1) is 5.92 Å². The average Bonchev–Trinajstić information content (AvgIpc) is 3.14. The van der Waals surface area contributed by atoms with Crippen molar-refractivity contribution in [2.45, 2.75) is 31.9 Å². The third-order valence-electron chi connectivity index (χ3n) is 4.71. The highest BCUT2D eigenvalue weighted by Crippen LogP contribution is 2.25. The molecule has 1 fully saturated rings. The van der Waals surface area contributed by atoms with E-state index in [1.165, 1.54) is 0 Å². The SMILES string of the molecule is COCCn1c(C(=O)NCC2CCCC2O)cc2ccccc21. The van der Waals surface area contributed by atoms with Crippen LogP contribution < -0.4 is 5.32 Å². The summed E-state index contributed by atoms with van der Waals surface area (Å²) in [6, 6.07) is 9.89. The standard InChI is InChI=1S/C18H24N2O3/c1-23-10-9-20-15-7-3-2-5-13(15)11-16(20)18(22)19-12-14-6-4-8-17(14)21/h2-3,5,7,11,14,17,21H,4,6,8-10,12H2,1H3,(H,19,22). The van der Waals surface area contributed by atoms with Crippen molar-refractivity contribution in [1.82, 2.24) is 9.88 Å². The molecule has 0 bridgehead atoms. The van der Waals surface area contributed by atoms with Gasteiger partial charge >= 0.3 is 0 Å². The fourth-order valence-electron chi connectivity index (χ4n) is 3.39. The predicted octanol–water partition coefficient (Wildman–Crippen LogP) is 2.18. The largest absolute Gasteiger partial charge is 0.393 e. The monoisotopic (exact) mass is 316 g/mol. The number of nitrogens with one attached hydrogen (secondary N) is 1. The van der Waals surface area contributed by atoms with Crippen molar-refractivity contribution >= 4 is 16.8 Å². The highest BCUT2D eigenvalue weighted by Gasteiger charge is 2.26. The molecule has 2 N–H and O–H groups in total. The third-order valence-corrected chi connectivity index (χ3v) is 4.71.